The number of nitrogens with one attached hydrogen (secondary N) is 1. The molecular weight excluding hydrogens is 308 g/mol. The fourth-order valence-corrected chi connectivity index (χ4v) is 4.25. The quantitative estimate of drug-likeness (QED) is 0.906. The van der Waals surface area contributed by atoms with Gasteiger partial charge in [-0.1, -0.05) is 31.4 Å². The Kier molecular flexibility index (Phi) is 4.91. The van der Waals surface area contributed by atoms with E-state index >= 15 is 0 Å². The topological polar surface area (TPSA) is 32.3 Å². The Labute approximate surface area is 150 Å². The lowest BCUT2D eigenvalue weighted by Crippen LogP contribution is -2.30. The minimum Gasteiger partial charge on any atom is -0.371 e. The maximum absolute atomic E-state index is 12.5. The summed E-state index contributed by atoms with van der Waals surface area (Å²) in [5.74, 6) is 0.773. The molecule has 0 atom stereocenters. The van der Waals surface area contributed by atoms with Crippen LogP contribution < -0.4 is 5.32 Å². The lowest BCUT2D eigenvalue weighted by Gasteiger charge is -2.26. The van der Waals surface area contributed by atoms with Crippen molar-refractivity contribution in [2.45, 2.75) is 44.9 Å². The van der Waals surface area contributed by atoms with Crippen molar-refractivity contribution in [3.05, 3.63) is 58.8 Å². The zero-order valence-electron chi connectivity index (χ0n) is 15.0. The Balaban J connectivity index is 1.37. The number of allylic oxidation sites excluding steroid dienone is 3. The number of carbonyl (C=O) groups is 1. The molecule has 1 fully saturated rings. The van der Waals surface area contributed by atoms with Crippen LogP contribution in [0.4, 0.5) is 0 Å². The maximum atomic E-state index is 12.5. The summed E-state index contributed by atoms with van der Waals surface area (Å²) in [5, 5.41) is 3.17. The second-order valence-electron chi connectivity index (χ2n) is 7.64. The van der Waals surface area contributed by atoms with Gasteiger partial charge in [-0.05, 0) is 67.0 Å². The van der Waals surface area contributed by atoms with Crippen LogP contribution in [0.15, 0.2) is 42.1 Å². The van der Waals surface area contributed by atoms with Crippen LogP contribution >= 0.6 is 0 Å². The third kappa shape index (κ3) is 3.81. The number of hydrogen-bond acceptors (Lipinski definition) is 2. The first kappa shape index (κ1) is 16.4. The fourth-order valence-electron chi connectivity index (χ4n) is 4.25. The summed E-state index contributed by atoms with van der Waals surface area (Å²) in [7, 11) is 0. The Morgan fingerprint density at radius 2 is 1.84 bits per heavy atom. The van der Waals surface area contributed by atoms with E-state index in [1.54, 1.807) is 0 Å². The molecule has 132 valence electrons. The number of rotatable bonds is 4. The zero-order valence-corrected chi connectivity index (χ0v) is 15.0. The minimum absolute atomic E-state index is 0.0964. The second kappa shape index (κ2) is 7.47. The first-order valence-electron chi connectivity index (χ1n) is 9.83. The summed E-state index contributed by atoms with van der Waals surface area (Å²) in [5.41, 5.74) is 4.91. The van der Waals surface area contributed by atoms with E-state index in [1.165, 1.54) is 48.9 Å². The largest absolute Gasteiger partial charge is 0.371 e. The van der Waals surface area contributed by atoms with Crippen molar-refractivity contribution >= 4 is 5.91 Å². The van der Waals surface area contributed by atoms with Gasteiger partial charge >= 0.3 is 0 Å². The third-order valence-corrected chi connectivity index (χ3v) is 5.95. The first-order chi connectivity index (χ1) is 12.3. The Morgan fingerprint density at radius 3 is 2.56 bits per heavy atom. The Bertz CT molecular complexity index is 698. The smallest absolute Gasteiger partial charge is 0.251 e. The molecule has 0 spiro atoms. The van der Waals surface area contributed by atoms with Crippen LogP contribution in [-0.4, -0.2) is 30.4 Å². The van der Waals surface area contributed by atoms with Crippen molar-refractivity contribution in [1.29, 1.82) is 0 Å². The molecule has 3 aliphatic rings. The van der Waals surface area contributed by atoms with Gasteiger partial charge in [-0.15, -0.1) is 0 Å². The highest BCUT2D eigenvalue weighted by Crippen LogP contribution is 2.24. The third-order valence-electron chi connectivity index (χ3n) is 5.95. The van der Waals surface area contributed by atoms with E-state index in [1.807, 2.05) is 6.07 Å². The molecule has 0 unspecified atom stereocenters. The fraction of sp³-hybridized carbons (Fsp3) is 0.500. The van der Waals surface area contributed by atoms with Gasteiger partial charge in [0.1, 0.15) is 0 Å². The lowest BCUT2D eigenvalue weighted by atomic mass is 9.89. The highest BCUT2D eigenvalue weighted by molar-refractivity contribution is 5.94. The van der Waals surface area contributed by atoms with Crippen molar-refractivity contribution in [3.63, 3.8) is 0 Å². The molecule has 0 aromatic heterocycles. The van der Waals surface area contributed by atoms with Crippen LogP contribution in [0.3, 0.4) is 0 Å². The molecular formula is C22H28N2O. The van der Waals surface area contributed by atoms with E-state index in [0.717, 1.165) is 38.0 Å². The molecule has 1 aromatic carbocycles. The molecule has 4 rings (SSSR count). The predicted molar refractivity (Wildman–Crippen MR) is 102 cm³/mol. The van der Waals surface area contributed by atoms with Crippen LogP contribution in [0.25, 0.3) is 0 Å². The van der Waals surface area contributed by atoms with Gasteiger partial charge in [-0.25, -0.2) is 0 Å². The molecule has 0 saturated heterocycles. The molecule has 0 bridgehead atoms. The van der Waals surface area contributed by atoms with Crippen molar-refractivity contribution in [3.8, 4) is 0 Å². The highest BCUT2D eigenvalue weighted by Gasteiger charge is 2.19. The molecule has 1 N–H and O–H groups in total. The van der Waals surface area contributed by atoms with Gasteiger partial charge in [-0.3, -0.25) is 4.79 Å². The molecule has 3 heteroatoms. The van der Waals surface area contributed by atoms with Gasteiger partial charge in [0.15, 0.2) is 0 Å². The number of carbonyl (C=O) groups excluding carboxylic acids is 1. The second-order valence-corrected chi connectivity index (χ2v) is 7.64. The van der Waals surface area contributed by atoms with E-state index in [2.05, 4.69) is 40.6 Å². The van der Waals surface area contributed by atoms with E-state index in [-0.39, 0.29) is 5.91 Å². The van der Waals surface area contributed by atoms with Crippen molar-refractivity contribution < 1.29 is 4.79 Å². The average Bonchev–Trinajstić information content (AvgIpc) is 2.81. The predicted octanol–water partition coefficient (Wildman–Crippen LogP) is 3.85. The van der Waals surface area contributed by atoms with Gasteiger partial charge in [0, 0.05) is 30.9 Å². The van der Waals surface area contributed by atoms with Gasteiger partial charge in [-0.2, -0.15) is 0 Å². The first-order valence-corrected chi connectivity index (χ1v) is 9.83. The van der Waals surface area contributed by atoms with Crippen molar-refractivity contribution in [1.82, 2.24) is 10.2 Å². The molecule has 1 heterocycles. The van der Waals surface area contributed by atoms with E-state index in [9.17, 15) is 4.79 Å². The summed E-state index contributed by atoms with van der Waals surface area (Å²) in [6.07, 6.45) is 15.1. The maximum Gasteiger partial charge on any atom is 0.251 e. The SMILES string of the molecule is O=C(NCC1CCCCC1)c1ccc2c(c1)CCN(C1=CC=C1)CC2. The standard InChI is InChI=1S/C22H28N2O/c25-22(23-16-17-5-2-1-3-6-17)20-10-9-18-11-13-24(21-7-4-8-21)14-12-19(18)15-20/h4,7-10,15,17H,1-3,5-6,11-14,16H2,(H,23,25). The molecule has 3 nitrogen and oxygen atoms in total. The molecule has 25 heavy (non-hydrogen) atoms. The van der Waals surface area contributed by atoms with E-state index in [4.69, 9.17) is 0 Å². The number of fused-ring (bicyclic) bond motifs is 1. The van der Waals surface area contributed by atoms with Crippen molar-refractivity contribution in [2.75, 3.05) is 19.6 Å². The monoisotopic (exact) mass is 336 g/mol. The molecule has 1 aliphatic heterocycles. The number of benzene rings is 1. The van der Waals surface area contributed by atoms with E-state index < -0.39 is 0 Å². The molecule has 1 amide bonds. The number of nitrogens with zero attached hydrogens (tertiary/aromatic N) is 1. The van der Waals surface area contributed by atoms with Crippen LogP contribution in [-0.2, 0) is 12.8 Å². The highest BCUT2D eigenvalue weighted by atomic mass is 16.1. The summed E-state index contributed by atoms with van der Waals surface area (Å²) >= 11 is 0. The van der Waals surface area contributed by atoms with Crippen molar-refractivity contribution in [2.24, 2.45) is 5.92 Å². The molecule has 2 aliphatic carbocycles. The van der Waals surface area contributed by atoms with Gasteiger partial charge in [0.05, 0.1) is 0 Å². The minimum atomic E-state index is 0.0964. The summed E-state index contributed by atoms with van der Waals surface area (Å²) in [4.78, 5) is 15.0. The summed E-state index contributed by atoms with van der Waals surface area (Å²) < 4.78 is 0. The summed E-state index contributed by atoms with van der Waals surface area (Å²) in [6.45, 7) is 2.94. The lowest BCUT2D eigenvalue weighted by molar-refractivity contribution is 0.0943. The van der Waals surface area contributed by atoms with Crippen LogP contribution in [0.1, 0.15) is 53.6 Å². The van der Waals surface area contributed by atoms with Crippen LogP contribution in [0.2, 0.25) is 0 Å². The normalized spacial score (nSPS) is 20.3. The molecule has 0 radical (unpaired) electrons. The van der Waals surface area contributed by atoms with Crippen LogP contribution in [0, 0.1) is 5.92 Å². The number of hydrogen-bond donors (Lipinski definition) is 1. The molecule has 1 aromatic rings. The van der Waals surface area contributed by atoms with Gasteiger partial charge in [0.2, 0.25) is 0 Å². The van der Waals surface area contributed by atoms with Gasteiger partial charge < -0.3 is 10.2 Å². The van der Waals surface area contributed by atoms with E-state index in [0.29, 0.717) is 5.92 Å². The average molecular weight is 336 g/mol. The zero-order chi connectivity index (χ0) is 17.1. The summed E-state index contributed by atoms with van der Waals surface area (Å²) in [6, 6.07) is 6.30. The number of amides is 1. The Hall–Kier alpha value is -2.03. The molecule has 1 saturated carbocycles. The Morgan fingerprint density at radius 1 is 1.08 bits per heavy atom. The van der Waals surface area contributed by atoms with Gasteiger partial charge in [0.25, 0.3) is 5.91 Å². The van der Waals surface area contributed by atoms with Crippen LogP contribution in [0.5, 0.6) is 0 Å².